The summed E-state index contributed by atoms with van der Waals surface area (Å²) in [6, 6.07) is 4.71. The summed E-state index contributed by atoms with van der Waals surface area (Å²) in [5.41, 5.74) is 0.867. The molecule has 3 nitrogen and oxygen atoms in total. The van der Waals surface area contributed by atoms with Gasteiger partial charge in [-0.05, 0) is 38.0 Å². The number of ether oxygens (including phenoxy) is 1. The normalized spacial score (nSPS) is 21.9. The molecule has 3 atom stereocenters. The minimum Gasteiger partial charge on any atom is -0.493 e. The molecule has 19 heavy (non-hydrogen) atoms. The van der Waals surface area contributed by atoms with Gasteiger partial charge in [-0.15, -0.1) is 0 Å². The maximum absolute atomic E-state index is 13.4. The lowest BCUT2D eigenvalue weighted by atomic mass is 10.0. The second-order valence-electron chi connectivity index (χ2n) is 4.94. The molecule has 0 spiro atoms. The maximum Gasteiger partial charge on any atom is 0.124 e. The Bertz CT molecular complexity index is 467. The number of halogens is 1. The minimum atomic E-state index is -0.849. The van der Waals surface area contributed by atoms with Gasteiger partial charge in [0.05, 0.1) is 6.61 Å². The van der Waals surface area contributed by atoms with Crippen LogP contribution in [0.1, 0.15) is 31.4 Å². The Hall–Kier alpha value is -0.940. The number of hydrogen-bond acceptors (Lipinski definition) is 3. The van der Waals surface area contributed by atoms with E-state index in [1.165, 1.54) is 12.1 Å². The third kappa shape index (κ3) is 3.76. The van der Waals surface area contributed by atoms with E-state index < -0.39 is 10.8 Å². The zero-order valence-electron chi connectivity index (χ0n) is 11.3. The molecule has 0 amide bonds. The lowest BCUT2D eigenvalue weighted by molar-refractivity contribution is 0.315. The third-order valence-electron chi connectivity index (χ3n) is 3.46. The van der Waals surface area contributed by atoms with Gasteiger partial charge in [0.1, 0.15) is 11.6 Å². The van der Waals surface area contributed by atoms with Gasteiger partial charge in [0.15, 0.2) is 0 Å². The van der Waals surface area contributed by atoms with Crippen LogP contribution in [0, 0.1) is 5.82 Å². The smallest absolute Gasteiger partial charge is 0.124 e. The fourth-order valence-electron chi connectivity index (χ4n) is 2.19. The van der Waals surface area contributed by atoms with Crippen LogP contribution in [0.2, 0.25) is 0 Å². The summed E-state index contributed by atoms with van der Waals surface area (Å²) < 4.78 is 30.4. The van der Waals surface area contributed by atoms with E-state index in [1.54, 1.807) is 12.3 Å². The molecule has 0 radical (unpaired) electrons. The molecule has 0 unspecified atom stereocenters. The first-order chi connectivity index (χ1) is 9.08. The first kappa shape index (κ1) is 14.5. The van der Waals surface area contributed by atoms with Crippen molar-refractivity contribution >= 4 is 10.8 Å². The minimum absolute atomic E-state index is 0.0687. The molecule has 0 bridgehead atoms. The van der Waals surface area contributed by atoms with Crippen molar-refractivity contribution in [2.24, 2.45) is 0 Å². The highest BCUT2D eigenvalue weighted by Gasteiger charge is 2.21. The molecular weight excluding hydrogens is 265 g/mol. The van der Waals surface area contributed by atoms with Gasteiger partial charge >= 0.3 is 0 Å². The van der Waals surface area contributed by atoms with Crippen molar-refractivity contribution in [3.8, 4) is 5.75 Å². The molecule has 1 N–H and O–H groups in total. The highest BCUT2D eigenvalue weighted by atomic mass is 32.2. The molecule has 1 heterocycles. The Balaban J connectivity index is 2.12. The summed E-state index contributed by atoms with van der Waals surface area (Å²) in [4.78, 5) is 0. The second-order valence-corrected chi connectivity index (χ2v) is 6.74. The van der Waals surface area contributed by atoms with Gasteiger partial charge in [0.2, 0.25) is 0 Å². The lowest BCUT2D eigenvalue weighted by Gasteiger charge is -2.20. The van der Waals surface area contributed by atoms with E-state index in [1.807, 2.05) is 6.92 Å². The van der Waals surface area contributed by atoms with Crippen LogP contribution in [0.5, 0.6) is 5.75 Å². The van der Waals surface area contributed by atoms with Crippen molar-refractivity contribution in [2.45, 2.75) is 31.1 Å². The fourth-order valence-corrected chi connectivity index (χ4v) is 2.52. The van der Waals surface area contributed by atoms with Gasteiger partial charge in [-0.3, -0.25) is 4.21 Å². The molecule has 0 saturated carbocycles. The number of rotatable bonds is 4. The largest absolute Gasteiger partial charge is 0.493 e. The summed E-state index contributed by atoms with van der Waals surface area (Å²) in [5.74, 6) is 0.504. The molecule has 5 heteroatoms. The highest BCUT2D eigenvalue weighted by Crippen LogP contribution is 2.31. The van der Waals surface area contributed by atoms with E-state index >= 15 is 0 Å². The van der Waals surface area contributed by atoms with E-state index in [-0.39, 0.29) is 17.1 Å². The van der Waals surface area contributed by atoms with Gasteiger partial charge in [-0.2, -0.15) is 0 Å². The number of nitrogens with one attached hydrogen (secondary N) is 1. The first-order valence-corrected chi connectivity index (χ1v) is 8.18. The molecular formula is C14H20FNO2S. The van der Waals surface area contributed by atoms with Crippen LogP contribution in [0.25, 0.3) is 0 Å². The van der Waals surface area contributed by atoms with E-state index in [4.69, 9.17) is 4.74 Å². The van der Waals surface area contributed by atoms with Crippen molar-refractivity contribution in [3.63, 3.8) is 0 Å². The molecule has 1 aliphatic rings. The van der Waals surface area contributed by atoms with Crippen molar-refractivity contribution in [1.29, 1.82) is 0 Å². The van der Waals surface area contributed by atoms with Gasteiger partial charge in [-0.25, -0.2) is 4.39 Å². The summed E-state index contributed by atoms with van der Waals surface area (Å²) in [5, 5.41) is 3.47. The van der Waals surface area contributed by atoms with Crippen LogP contribution in [-0.4, -0.2) is 28.9 Å². The molecule has 1 aromatic rings. The Morgan fingerprint density at radius 3 is 3.11 bits per heavy atom. The van der Waals surface area contributed by atoms with Crippen LogP contribution in [-0.2, 0) is 10.8 Å². The molecule has 106 valence electrons. The zero-order valence-corrected chi connectivity index (χ0v) is 12.1. The summed E-state index contributed by atoms with van der Waals surface area (Å²) in [6.07, 6.45) is 3.53. The number of hydrogen-bond donors (Lipinski definition) is 1. The van der Waals surface area contributed by atoms with Crippen LogP contribution in [0.4, 0.5) is 4.39 Å². The Kier molecular flexibility index (Phi) is 4.93. The Morgan fingerprint density at radius 1 is 1.58 bits per heavy atom. The monoisotopic (exact) mass is 285 g/mol. The van der Waals surface area contributed by atoms with E-state index in [2.05, 4.69) is 5.32 Å². The maximum atomic E-state index is 13.4. The van der Waals surface area contributed by atoms with Crippen molar-refractivity contribution in [2.75, 3.05) is 19.4 Å². The summed E-state index contributed by atoms with van der Waals surface area (Å²) in [7, 11) is -0.849. The van der Waals surface area contributed by atoms with Gasteiger partial charge < -0.3 is 10.1 Å². The molecule has 0 fully saturated rings. The lowest BCUT2D eigenvalue weighted by Crippen LogP contribution is -2.31. The van der Waals surface area contributed by atoms with Gasteiger partial charge in [0, 0.05) is 40.5 Å². The third-order valence-corrected chi connectivity index (χ3v) is 4.76. The SMILES string of the molecule is C[C@H](CN[C@@H]1CCCOc2ccc(F)cc21)[S@](C)=O. The highest BCUT2D eigenvalue weighted by molar-refractivity contribution is 7.84. The van der Waals surface area contributed by atoms with E-state index in [9.17, 15) is 8.60 Å². The van der Waals surface area contributed by atoms with Crippen molar-refractivity contribution < 1.29 is 13.3 Å². The number of fused-ring (bicyclic) bond motifs is 1. The average molecular weight is 285 g/mol. The molecule has 0 aromatic heterocycles. The molecule has 0 aliphatic carbocycles. The standard InChI is InChI=1S/C14H20FNO2S/c1-10(19(2)17)9-16-13-4-3-7-18-14-6-5-11(15)8-12(13)14/h5-6,8,10,13,16H,3-4,7,9H2,1-2H3/t10-,13-,19+/m1/s1. The van der Waals surface area contributed by atoms with Crippen LogP contribution in [0.15, 0.2) is 18.2 Å². The van der Waals surface area contributed by atoms with E-state index in [0.29, 0.717) is 13.2 Å². The van der Waals surface area contributed by atoms with E-state index in [0.717, 1.165) is 24.2 Å². The van der Waals surface area contributed by atoms with Gasteiger partial charge in [0.25, 0.3) is 0 Å². The van der Waals surface area contributed by atoms with Gasteiger partial charge in [-0.1, -0.05) is 0 Å². The average Bonchev–Trinajstić information content (AvgIpc) is 2.57. The van der Waals surface area contributed by atoms with Crippen LogP contribution < -0.4 is 10.1 Å². The quantitative estimate of drug-likeness (QED) is 0.923. The van der Waals surface area contributed by atoms with Crippen LogP contribution in [0.3, 0.4) is 0 Å². The summed E-state index contributed by atoms with van der Waals surface area (Å²) >= 11 is 0. The molecule has 0 saturated heterocycles. The Morgan fingerprint density at radius 2 is 2.37 bits per heavy atom. The molecule has 1 aromatic carbocycles. The second kappa shape index (κ2) is 6.48. The molecule has 1 aliphatic heterocycles. The predicted molar refractivity (Wildman–Crippen MR) is 75.4 cm³/mol. The fraction of sp³-hybridized carbons (Fsp3) is 0.571. The molecule has 2 rings (SSSR count). The first-order valence-electron chi connectivity index (χ1n) is 6.56. The topological polar surface area (TPSA) is 38.3 Å². The summed E-state index contributed by atoms with van der Waals surface area (Å²) in [6.45, 7) is 3.26. The number of benzene rings is 1. The zero-order chi connectivity index (χ0) is 13.8. The van der Waals surface area contributed by atoms with Crippen molar-refractivity contribution in [1.82, 2.24) is 5.32 Å². The Labute approximate surface area is 116 Å². The predicted octanol–water partition coefficient (Wildman–Crippen LogP) is 2.40. The van der Waals surface area contributed by atoms with Crippen LogP contribution >= 0.6 is 0 Å². The van der Waals surface area contributed by atoms with Crippen molar-refractivity contribution in [3.05, 3.63) is 29.6 Å².